The number of anilines is 1. The van der Waals surface area contributed by atoms with E-state index in [1.807, 2.05) is 23.7 Å². The highest BCUT2D eigenvalue weighted by Crippen LogP contribution is 2.34. The highest BCUT2D eigenvalue weighted by molar-refractivity contribution is 6.30. The fraction of sp³-hybridized carbons (Fsp3) is 0.263. The van der Waals surface area contributed by atoms with Crippen molar-refractivity contribution >= 4 is 17.5 Å². The minimum Gasteiger partial charge on any atom is -0.330 e. The quantitative estimate of drug-likeness (QED) is 0.535. The summed E-state index contributed by atoms with van der Waals surface area (Å²) in [5.74, 6) is 1.94. The number of halogens is 1. The third-order valence-electron chi connectivity index (χ3n) is 5.16. The number of aromatic nitrogens is 8. The van der Waals surface area contributed by atoms with Crippen molar-refractivity contribution in [3.05, 3.63) is 63.8 Å². The second-order valence-corrected chi connectivity index (χ2v) is 7.53. The van der Waals surface area contributed by atoms with Crippen LogP contribution >= 0.6 is 11.6 Å². The lowest BCUT2D eigenvalue weighted by Crippen LogP contribution is -2.26. The maximum atomic E-state index is 11.7. The predicted molar refractivity (Wildman–Crippen MR) is 111 cm³/mol. The van der Waals surface area contributed by atoms with Crippen LogP contribution in [0, 0.1) is 0 Å². The number of tetrazole rings is 1. The Morgan fingerprint density at radius 2 is 2.07 bits per heavy atom. The second-order valence-electron chi connectivity index (χ2n) is 7.09. The molecule has 1 atom stereocenters. The van der Waals surface area contributed by atoms with Crippen LogP contribution in [0.5, 0.6) is 0 Å². The van der Waals surface area contributed by atoms with E-state index in [1.165, 1.54) is 10.9 Å². The highest BCUT2D eigenvalue weighted by Gasteiger charge is 2.33. The Bertz CT molecular complexity index is 1260. The SMILES string of the molecule is Cn1c(-c2cc[nH]c(=O)c2)nnc1N1CCC[C@@H]1c1nnn(-c2cccc(Cl)c2)n1. The number of hydrogen-bond acceptors (Lipinski definition) is 7. The van der Waals surface area contributed by atoms with E-state index in [2.05, 4.69) is 35.5 Å². The molecule has 0 aliphatic carbocycles. The van der Waals surface area contributed by atoms with Crippen LogP contribution < -0.4 is 10.5 Å². The molecule has 5 rings (SSSR count). The molecule has 0 spiro atoms. The van der Waals surface area contributed by atoms with Crippen molar-refractivity contribution in [2.24, 2.45) is 7.05 Å². The van der Waals surface area contributed by atoms with Crippen LogP contribution in [0.4, 0.5) is 5.95 Å². The average molecular weight is 424 g/mol. The molecule has 0 unspecified atom stereocenters. The van der Waals surface area contributed by atoms with Crippen molar-refractivity contribution in [1.29, 1.82) is 0 Å². The van der Waals surface area contributed by atoms with Gasteiger partial charge in [0.1, 0.15) is 0 Å². The van der Waals surface area contributed by atoms with Crippen molar-refractivity contribution in [2.45, 2.75) is 18.9 Å². The summed E-state index contributed by atoms with van der Waals surface area (Å²) < 4.78 is 1.88. The van der Waals surface area contributed by atoms with E-state index in [1.54, 1.807) is 24.4 Å². The zero-order chi connectivity index (χ0) is 20.7. The molecule has 0 radical (unpaired) electrons. The van der Waals surface area contributed by atoms with Gasteiger partial charge in [-0.25, -0.2) is 0 Å². The predicted octanol–water partition coefficient (Wildman–Crippen LogP) is 2.14. The molecule has 3 aromatic heterocycles. The van der Waals surface area contributed by atoms with Gasteiger partial charge in [0.2, 0.25) is 11.5 Å². The third kappa shape index (κ3) is 3.24. The van der Waals surface area contributed by atoms with Gasteiger partial charge in [0.25, 0.3) is 0 Å². The van der Waals surface area contributed by atoms with E-state index in [0.29, 0.717) is 28.2 Å². The summed E-state index contributed by atoms with van der Waals surface area (Å²) >= 11 is 6.07. The molecule has 4 heterocycles. The fourth-order valence-corrected chi connectivity index (χ4v) is 3.93. The van der Waals surface area contributed by atoms with Gasteiger partial charge in [-0.15, -0.1) is 25.2 Å². The van der Waals surface area contributed by atoms with E-state index in [0.717, 1.165) is 25.1 Å². The van der Waals surface area contributed by atoms with Crippen LogP contribution in [-0.4, -0.2) is 46.5 Å². The molecule has 10 nitrogen and oxygen atoms in total. The number of nitrogens with one attached hydrogen (secondary N) is 1. The number of nitrogens with zero attached hydrogens (tertiary/aromatic N) is 8. The van der Waals surface area contributed by atoms with Gasteiger partial charge < -0.3 is 9.88 Å². The number of rotatable bonds is 4. The van der Waals surface area contributed by atoms with Crippen molar-refractivity contribution < 1.29 is 0 Å². The van der Waals surface area contributed by atoms with Gasteiger partial charge in [0.05, 0.1) is 11.7 Å². The molecule has 1 fully saturated rings. The largest absolute Gasteiger partial charge is 0.330 e. The summed E-state index contributed by atoms with van der Waals surface area (Å²) in [5.41, 5.74) is 1.28. The molecular weight excluding hydrogens is 406 g/mol. The van der Waals surface area contributed by atoms with Crippen LogP contribution in [0.15, 0.2) is 47.4 Å². The van der Waals surface area contributed by atoms with Crippen molar-refractivity contribution in [1.82, 2.24) is 40.0 Å². The lowest BCUT2D eigenvalue weighted by molar-refractivity contribution is 0.639. The molecular formula is C19H18ClN9O. The fourth-order valence-electron chi connectivity index (χ4n) is 3.75. The molecule has 1 aromatic carbocycles. The molecule has 0 bridgehead atoms. The van der Waals surface area contributed by atoms with E-state index < -0.39 is 0 Å². The maximum absolute atomic E-state index is 11.7. The molecule has 0 saturated carbocycles. The first kappa shape index (κ1) is 18.5. The number of pyridine rings is 1. The van der Waals surface area contributed by atoms with Crippen LogP contribution in [0.25, 0.3) is 17.1 Å². The van der Waals surface area contributed by atoms with Crippen molar-refractivity contribution in [3.63, 3.8) is 0 Å². The Balaban J connectivity index is 1.46. The van der Waals surface area contributed by atoms with Gasteiger partial charge in [-0.1, -0.05) is 17.7 Å². The zero-order valence-electron chi connectivity index (χ0n) is 16.1. The first-order chi connectivity index (χ1) is 14.6. The third-order valence-corrected chi connectivity index (χ3v) is 5.40. The van der Waals surface area contributed by atoms with E-state index >= 15 is 0 Å². The first-order valence-electron chi connectivity index (χ1n) is 9.51. The zero-order valence-corrected chi connectivity index (χ0v) is 16.9. The molecule has 1 aliphatic rings. The van der Waals surface area contributed by atoms with Crippen LogP contribution in [0.3, 0.4) is 0 Å². The molecule has 11 heteroatoms. The molecule has 1 N–H and O–H groups in total. The Morgan fingerprint density at radius 1 is 1.17 bits per heavy atom. The minimum absolute atomic E-state index is 0.0622. The lowest BCUT2D eigenvalue weighted by Gasteiger charge is -2.22. The average Bonchev–Trinajstić information content (AvgIpc) is 3.47. The van der Waals surface area contributed by atoms with E-state index in [9.17, 15) is 4.79 Å². The Kier molecular flexibility index (Phi) is 4.55. The minimum atomic E-state index is -0.182. The monoisotopic (exact) mass is 423 g/mol. The molecule has 0 amide bonds. The Morgan fingerprint density at radius 3 is 2.90 bits per heavy atom. The second kappa shape index (κ2) is 7.38. The molecule has 1 aliphatic heterocycles. The number of H-pyrrole nitrogens is 1. The Labute approximate surface area is 176 Å². The van der Waals surface area contributed by atoms with Crippen LogP contribution in [0.1, 0.15) is 24.7 Å². The van der Waals surface area contributed by atoms with Crippen LogP contribution in [0.2, 0.25) is 5.02 Å². The number of aromatic amines is 1. The molecule has 30 heavy (non-hydrogen) atoms. The lowest BCUT2D eigenvalue weighted by atomic mass is 10.2. The summed E-state index contributed by atoms with van der Waals surface area (Å²) in [7, 11) is 1.89. The standard InChI is InChI=1S/C19H18ClN9O/c1-27-18(12-7-8-21-16(30)10-12)23-24-19(27)28-9-3-6-15(28)17-22-26-29(25-17)14-5-2-4-13(20)11-14/h2,4-5,7-8,10-11,15H,3,6,9H2,1H3,(H,21,30)/t15-/m1/s1. The van der Waals surface area contributed by atoms with Crippen LogP contribution in [-0.2, 0) is 7.05 Å². The highest BCUT2D eigenvalue weighted by atomic mass is 35.5. The maximum Gasteiger partial charge on any atom is 0.248 e. The smallest absolute Gasteiger partial charge is 0.248 e. The van der Waals surface area contributed by atoms with Crippen molar-refractivity contribution in [2.75, 3.05) is 11.4 Å². The van der Waals surface area contributed by atoms with Gasteiger partial charge >= 0.3 is 0 Å². The summed E-state index contributed by atoms with van der Waals surface area (Å²) in [6.45, 7) is 0.803. The summed E-state index contributed by atoms with van der Waals surface area (Å²) in [5, 5.41) is 22.3. The summed E-state index contributed by atoms with van der Waals surface area (Å²) in [6.07, 6.45) is 3.46. The van der Waals surface area contributed by atoms with E-state index in [4.69, 9.17) is 11.6 Å². The molecule has 1 saturated heterocycles. The summed E-state index contributed by atoms with van der Waals surface area (Å²) in [4.78, 5) is 17.9. The Hall–Kier alpha value is -3.53. The van der Waals surface area contributed by atoms with Gasteiger partial charge in [-0.3, -0.25) is 9.36 Å². The van der Waals surface area contributed by atoms with Crippen molar-refractivity contribution in [3.8, 4) is 17.1 Å². The summed E-state index contributed by atoms with van der Waals surface area (Å²) in [6, 6.07) is 10.6. The normalized spacial score (nSPS) is 16.3. The van der Waals surface area contributed by atoms with E-state index in [-0.39, 0.29) is 11.6 Å². The van der Waals surface area contributed by atoms with Gasteiger partial charge in [-0.05, 0) is 42.3 Å². The molecule has 152 valence electrons. The first-order valence-corrected chi connectivity index (χ1v) is 9.89. The topological polar surface area (TPSA) is 110 Å². The molecule has 4 aromatic rings. The number of benzene rings is 1. The van der Waals surface area contributed by atoms with Gasteiger partial charge in [0.15, 0.2) is 11.6 Å². The van der Waals surface area contributed by atoms with Gasteiger partial charge in [0, 0.05) is 36.4 Å². The van der Waals surface area contributed by atoms with Gasteiger partial charge in [-0.2, -0.15) is 0 Å². The number of hydrogen-bond donors (Lipinski definition) is 1.